The van der Waals surface area contributed by atoms with Crippen LogP contribution in [0.4, 0.5) is 0 Å². The van der Waals surface area contributed by atoms with Gasteiger partial charge in [-0.05, 0) is 27.1 Å². The summed E-state index contributed by atoms with van der Waals surface area (Å²) in [6.07, 6.45) is 1.31. The van der Waals surface area contributed by atoms with E-state index in [1.165, 1.54) is 0 Å². The van der Waals surface area contributed by atoms with Gasteiger partial charge in [-0.2, -0.15) is 5.06 Å². The summed E-state index contributed by atoms with van der Waals surface area (Å²) in [4.78, 5) is 26.2. The predicted octanol–water partition coefficient (Wildman–Crippen LogP) is 0.215. The molecular weight excluding hydrogens is 224 g/mol. The Morgan fingerprint density at radius 1 is 1.41 bits per heavy atom. The molecule has 0 radical (unpaired) electrons. The van der Waals surface area contributed by atoms with Crippen LogP contribution >= 0.6 is 0 Å². The lowest BCUT2D eigenvalue weighted by Crippen LogP contribution is -2.24. The van der Waals surface area contributed by atoms with Crippen LogP contribution in [0.2, 0.25) is 0 Å². The third-order valence-electron chi connectivity index (χ3n) is 1.98. The van der Waals surface area contributed by atoms with Crippen LogP contribution in [0.1, 0.15) is 19.3 Å². The number of carbonyl (C=O) groups excluding carboxylic acids is 2. The van der Waals surface area contributed by atoms with Crippen molar-refractivity contribution in [3.05, 3.63) is 0 Å². The Hall–Kier alpha value is -1.56. The Morgan fingerprint density at radius 2 is 1.94 bits per heavy atom. The number of nitrogens with zero attached hydrogens (tertiary/aromatic N) is 3. The highest BCUT2D eigenvalue weighted by atomic mass is 16.5. The maximum Gasteiger partial charge on any atom is 0.253 e. The minimum Gasteiger partial charge on any atom is -0.309 e. The highest BCUT2D eigenvalue weighted by molar-refractivity contribution is 6.00. The Balaban J connectivity index is 0.000000302. The molecule has 7 heteroatoms. The zero-order chi connectivity index (χ0) is 13.3. The molecule has 0 spiro atoms. The fraction of sp³-hybridized carbons (Fsp3) is 0.700. The van der Waals surface area contributed by atoms with Gasteiger partial charge in [0.2, 0.25) is 0 Å². The topological polar surface area (TPSA) is 97.1 Å². The zero-order valence-corrected chi connectivity index (χ0v) is 10.1. The molecule has 7 nitrogen and oxygen atoms in total. The van der Waals surface area contributed by atoms with Crippen LogP contribution < -0.4 is 0 Å². The van der Waals surface area contributed by atoms with Crippen LogP contribution in [0, 0.1) is 5.41 Å². The van der Waals surface area contributed by atoms with E-state index in [1.807, 2.05) is 20.1 Å². The second-order valence-corrected chi connectivity index (χ2v) is 3.75. The first-order valence-electron chi connectivity index (χ1n) is 5.26. The van der Waals surface area contributed by atoms with E-state index in [0.717, 1.165) is 19.5 Å². The first-order chi connectivity index (χ1) is 7.99. The summed E-state index contributed by atoms with van der Waals surface area (Å²) in [5, 5.41) is 15.0. The summed E-state index contributed by atoms with van der Waals surface area (Å²) < 4.78 is 0. The lowest BCUT2D eigenvalue weighted by Gasteiger charge is -2.05. The molecule has 2 amide bonds. The van der Waals surface area contributed by atoms with Gasteiger partial charge >= 0.3 is 0 Å². The molecule has 1 aliphatic heterocycles. The van der Waals surface area contributed by atoms with Gasteiger partial charge in [0.15, 0.2) is 0 Å². The number of hydroxylamine groups is 2. The molecule has 96 valence electrons. The first kappa shape index (κ1) is 15.4. The third-order valence-corrected chi connectivity index (χ3v) is 1.98. The summed E-state index contributed by atoms with van der Waals surface area (Å²) >= 11 is 0. The van der Waals surface area contributed by atoms with Crippen molar-refractivity contribution >= 4 is 17.8 Å². The Kier molecular flexibility index (Phi) is 7.79. The molecule has 17 heavy (non-hydrogen) atoms. The summed E-state index contributed by atoms with van der Waals surface area (Å²) in [7, 11) is 4.04. The van der Waals surface area contributed by atoms with Gasteiger partial charge in [0.05, 0.1) is 12.6 Å². The molecule has 1 aliphatic rings. The second kappa shape index (κ2) is 8.58. The van der Waals surface area contributed by atoms with Crippen molar-refractivity contribution in [1.29, 1.82) is 5.41 Å². The van der Waals surface area contributed by atoms with Crippen LogP contribution in [0.25, 0.3) is 0 Å². The van der Waals surface area contributed by atoms with E-state index in [4.69, 9.17) is 10.6 Å². The van der Waals surface area contributed by atoms with Gasteiger partial charge in [-0.25, -0.2) is 10.4 Å². The molecule has 0 saturated carbocycles. The van der Waals surface area contributed by atoms with Crippen LogP contribution in [-0.4, -0.2) is 60.2 Å². The molecule has 1 saturated heterocycles. The second-order valence-electron chi connectivity index (χ2n) is 3.75. The molecule has 0 aromatic heterocycles. The molecule has 1 fully saturated rings. The Bertz CT molecular complexity index is 295. The molecule has 0 aromatic carbocycles. The SMILES string of the molecule is CN(C)CCCN=C=N.O=C1CCC(=O)N1O. The van der Waals surface area contributed by atoms with Gasteiger partial charge in [0.25, 0.3) is 11.8 Å². The molecule has 1 rings (SSSR count). The molecule has 0 aromatic rings. The lowest BCUT2D eigenvalue weighted by molar-refractivity contribution is -0.171. The molecular formula is C10H18N4O3. The number of amides is 2. The number of hydrogen-bond donors (Lipinski definition) is 2. The van der Waals surface area contributed by atoms with Gasteiger partial charge in [-0.15, -0.1) is 0 Å². The predicted molar refractivity (Wildman–Crippen MR) is 61.1 cm³/mol. The van der Waals surface area contributed by atoms with Crippen LogP contribution in [0.5, 0.6) is 0 Å². The maximum absolute atomic E-state index is 10.2. The van der Waals surface area contributed by atoms with E-state index < -0.39 is 11.8 Å². The van der Waals surface area contributed by atoms with E-state index >= 15 is 0 Å². The van der Waals surface area contributed by atoms with Gasteiger partial charge in [0.1, 0.15) is 0 Å². The van der Waals surface area contributed by atoms with E-state index in [9.17, 15) is 9.59 Å². The fourth-order valence-electron chi connectivity index (χ4n) is 1.09. The van der Waals surface area contributed by atoms with Crippen molar-refractivity contribution in [2.24, 2.45) is 4.99 Å². The van der Waals surface area contributed by atoms with Crippen molar-refractivity contribution in [2.45, 2.75) is 19.3 Å². The van der Waals surface area contributed by atoms with Gasteiger partial charge in [0, 0.05) is 12.8 Å². The van der Waals surface area contributed by atoms with Crippen molar-refractivity contribution in [3.8, 4) is 0 Å². The minimum atomic E-state index is -0.505. The molecule has 2 N–H and O–H groups in total. The number of aliphatic imine (C=N–C) groups is 1. The number of hydrogen-bond acceptors (Lipinski definition) is 6. The largest absolute Gasteiger partial charge is 0.309 e. The van der Waals surface area contributed by atoms with E-state index in [1.54, 1.807) is 0 Å². The van der Waals surface area contributed by atoms with E-state index in [0.29, 0.717) is 0 Å². The Labute approximate surface area is 100 Å². The van der Waals surface area contributed by atoms with Gasteiger partial charge in [-0.1, -0.05) is 0 Å². The Morgan fingerprint density at radius 3 is 2.24 bits per heavy atom. The normalized spacial score (nSPS) is 14.5. The smallest absolute Gasteiger partial charge is 0.253 e. The lowest BCUT2D eigenvalue weighted by atomic mass is 10.4. The third kappa shape index (κ3) is 7.35. The standard InChI is InChI=1S/C6H13N3.C4H5NO3/c1-9(2)5-3-4-8-6-7;6-3-1-2-4(7)5(3)8/h7H,3-5H2,1-2H3;8H,1-2H2. The van der Waals surface area contributed by atoms with Crippen molar-refractivity contribution in [1.82, 2.24) is 9.96 Å². The molecule has 0 bridgehead atoms. The summed E-state index contributed by atoms with van der Waals surface area (Å²) in [6.45, 7) is 1.76. The van der Waals surface area contributed by atoms with Gasteiger partial charge in [-0.3, -0.25) is 14.8 Å². The quantitative estimate of drug-likeness (QED) is 0.319. The fourth-order valence-corrected chi connectivity index (χ4v) is 1.09. The van der Waals surface area contributed by atoms with Gasteiger partial charge < -0.3 is 4.90 Å². The summed E-state index contributed by atoms with van der Waals surface area (Å²) in [5.74, 6) is -1.01. The van der Waals surface area contributed by atoms with Crippen LogP contribution in [0.3, 0.4) is 0 Å². The van der Waals surface area contributed by atoms with Crippen molar-refractivity contribution in [2.75, 3.05) is 27.2 Å². The molecule has 0 aliphatic carbocycles. The number of rotatable bonds is 4. The number of nitrogens with one attached hydrogen (secondary N) is 1. The highest BCUT2D eigenvalue weighted by Crippen LogP contribution is 2.06. The highest BCUT2D eigenvalue weighted by Gasteiger charge is 2.26. The van der Waals surface area contributed by atoms with E-state index in [-0.39, 0.29) is 17.9 Å². The van der Waals surface area contributed by atoms with Crippen molar-refractivity contribution in [3.63, 3.8) is 0 Å². The average Bonchev–Trinajstić information content (AvgIpc) is 2.57. The van der Waals surface area contributed by atoms with E-state index in [2.05, 4.69) is 9.89 Å². The van der Waals surface area contributed by atoms with Crippen molar-refractivity contribution < 1.29 is 14.8 Å². The summed E-state index contributed by atoms with van der Waals surface area (Å²) in [5.41, 5.74) is 0. The molecule has 0 atom stereocenters. The van der Waals surface area contributed by atoms with Crippen LogP contribution in [0.15, 0.2) is 4.99 Å². The first-order valence-corrected chi connectivity index (χ1v) is 5.26. The zero-order valence-electron chi connectivity index (χ0n) is 10.1. The number of carbonyl (C=O) groups is 2. The average molecular weight is 242 g/mol. The maximum atomic E-state index is 10.2. The minimum absolute atomic E-state index is 0.148. The number of imide groups is 1. The molecule has 1 heterocycles. The monoisotopic (exact) mass is 242 g/mol. The molecule has 0 unspecified atom stereocenters. The van der Waals surface area contributed by atoms with Crippen LogP contribution in [-0.2, 0) is 9.59 Å². The summed E-state index contributed by atoms with van der Waals surface area (Å²) in [6, 6.07) is 2.00.